The number of amides is 1. The highest BCUT2D eigenvalue weighted by atomic mass is 19.1. The van der Waals surface area contributed by atoms with E-state index in [0.717, 1.165) is 10.2 Å². The van der Waals surface area contributed by atoms with Gasteiger partial charge < -0.3 is 5.32 Å². The third-order valence-electron chi connectivity index (χ3n) is 3.56. The van der Waals surface area contributed by atoms with Crippen LogP contribution >= 0.6 is 0 Å². The summed E-state index contributed by atoms with van der Waals surface area (Å²) in [6.45, 7) is 1.89. The second kappa shape index (κ2) is 7.04. The molecule has 0 unspecified atom stereocenters. The summed E-state index contributed by atoms with van der Waals surface area (Å²) in [5.41, 5.74) is 1.08. The Balaban J connectivity index is 1.85. The molecule has 0 aliphatic rings. The van der Waals surface area contributed by atoms with Crippen LogP contribution in [-0.4, -0.2) is 20.7 Å². The van der Waals surface area contributed by atoms with Crippen molar-refractivity contribution in [2.45, 2.75) is 13.5 Å². The Bertz CT molecular complexity index is 985. The lowest BCUT2D eigenvalue weighted by molar-refractivity contribution is 0.101. The number of aryl methyl sites for hydroxylation is 1. The molecule has 6 nitrogen and oxygen atoms in total. The Hall–Kier alpha value is -3.35. The predicted molar refractivity (Wildman–Crippen MR) is 90.9 cm³/mol. The number of pyridine rings is 1. The fraction of sp³-hybridized carbons (Fsp3) is 0.111. The first-order valence-electron chi connectivity index (χ1n) is 7.58. The number of anilines is 1. The number of halogens is 1. The Labute approximate surface area is 143 Å². The Morgan fingerprint density at radius 2 is 2.04 bits per heavy atom. The molecule has 1 amide bonds. The lowest BCUT2D eigenvalue weighted by Gasteiger charge is -2.09. The van der Waals surface area contributed by atoms with Gasteiger partial charge in [0, 0.05) is 12.3 Å². The van der Waals surface area contributed by atoms with Gasteiger partial charge in [-0.25, -0.2) is 14.1 Å². The summed E-state index contributed by atoms with van der Waals surface area (Å²) in [7, 11) is 0. The van der Waals surface area contributed by atoms with Crippen molar-refractivity contribution in [2.75, 3.05) is 5.32 Å². The van der Waals surface area contributed by atoms with Crippen LogP contribution in [0.5, 0.6) is 0 Å². The molecule has 126 valence electrons. The van der Waals surface area contributed by atoms with Crippen LogP contribution in [0.2, 0.25) is 0 Å². The van der Waals surface area contributed by atoms with Crippen molar-refractivity contribution in [1.29, 1.82) is 0 Å². The van der Waals surface area contributed by atoms with Gasteiger partial charge in [-0.1, -0.05) is 18.2 Å². The van der Waals surface area contributed by atoms with Crippen molar-refractivity contribution in [3.8, 4) is 0 Å². The van der Waals surface area contributed by atoms with E-state index in [9.17, 15) is 14.0 Å². The fourth-order valence-electron chi connectivity index (χ4n) is 2.28. The third-order valence-corrected chi connectivity index (χ3v) is 3.56. The van der Waals surface area contributed by atoms with E-state index >= 15 is 0 Å². The molecule has 25 heavy (non-hydrogen) atoms. The molecule has 0 bridgehead atoms. The summed E-state index contributed by atoms with van der Waals surface area (Å²) in [4.78, 5) is 28.4. The zero-order chi connectivity index (χ0) is 17.8. The van der Waals surface area contributed by atoms with E-state index < -0.39 is 11.7 Å². The maximum atomic E-state index is 13.3. The highest BCUT2D eigenvalue weighted by molar-refractivity contribution is 6.02. The van der Waals surface area contributed by atoms with Gasteiger partial charge in [0.25, 0.3) is 11.5 Å². The number of rotatable bonds is 4. The van der Waals surface area contributed by atoms with Gasteiger partial charge in [-0.3, -0.25) is 9.59 Å². The maximum Gasteiger partial charge on any atom is 0.277 e. The van der Waals surface area contributed by atoms with Crippen LogP contribution in [0.25, 0.3) is 0 Å². The Kier molecular flexibility index (Phi) is 4.65. The molecule has 0 radical (unpaired) electrons. The number of hydrogen-bond acceptors (Lipinski definition) is 4. The summed E-state index contributed by atoms with van der Waals surface area (Å²) in [5.74, 6) is -0.447. The van der Waals surface area contributed by atoms with Crippen molar-refractivity contribution in [2.24, 2.45) is 0 Å². The Morgan fingerprint density at radius 1 is 1.20 bits per heavy atom. The van der Waals surface area contributed by atoms with E-state index in [2.05, 4.69) is 15.4 Å². The maximum absolute atomic E-state index is 13.3. The molecule has 3 aromatic rings. The van der Waals surface area contributed by atoms with Crippen molar-refractivity contribution in [3.05, 3.63) is 87.7 Å². The fourth-order valence-corrected chi connectivity index (χ4v) is 2.28. The second-order valence-corrected chi connectivity index (χ2v) is 5.47. The molecule has 1 aromatic carbocycles. The molecule has 0 fully saturated rings. The topological polar surface area (TPSA) is 76.9 Å². The van der Waals surface area contributed by atoms with E-state index in [1.807, 2.05) is 13.0 Å². The molecule has 0 atom stereocenters. The minimum Gasteiger partial charge on any atom is -0.305 e. The largest absolute Gasteiger partial charge is 0.305 e. The first-order valence-corrected chi connectivity index (χ1v) is 7.58. The molecule has 7 heteroatoms. The average Bonchev–Trinajstić information content (AvgIpc) is 2.59. The van der Waals surface area contributed by atoms with Gasteiger partial charge in [-0.05, 0) is 42.3 Å². The number of aromatic nitrogens is 3. The summed E-state index contributed by atoms with van der Waals surface area (Å²) in [6.07, 6.45) is 1.57. The predicted octanol–water partition coefficient (Wildman–Crippen LogP) is 2.39. The third kappa shape index (κ3) is 3.95. The molecule has 0 spiro atoms. The summed E-state index contributed by atoms with van der Waals surface area (Å²) >= 11 is 0. The van der Waals surface area contributed by atoms with Gasteiger partial charge in [-0.2, -0.15) is 5.10 Å². The van der Waals surface area contributed by atoms with Crippen molar-refractivity contribution in [1.82, 2.24) is 14.8 Å². The molecule has 0 saturated heterocycles. The molecule has 2 heterocycles. The van der Waals surface area contributed by atoms with Crippen LogP contribution in [0.15, 0.2) is 59.5 Å². The first-order chi connectivity index (χ1) is 12.0. The SMILES string of the molecule is Cc1cccnc1NC(=O)c1ccc(=O)n(Cc2cccc(F)c2)n1. The molecule has 3 rings (SSSR count). The lowest BCUT2D eigenvalue weighted by atomic mass is 10.2. The van der Waals surface area contributed by atoms with Gasteiger partial charge in [0.15, 0.2) is 0 Å². The van der Waals surface area contributed by atoms with Crippen LogP contribution in [0, 0.1) is 12.7 Å². The number of nitrogens with one attached hydrogen (secondary N) is 1. The standard InChI is InChI=1S/C18H15FN4O2/c1-12-4-3-9-20-17(12)21-18(25)15-7-8-16(24)23(22-15)11-13-5-2-6-14(19)10-13/h2-10H,11H2,1H3,(H,20,21,25). The quantitative estimate of drug-likeness (QED) is 0.792. The smallest absolute Gasteiger partial charge is 0.277 e. The Morgan fingerprint density at radius 3 is 2.80 bits per heavy atom. The van der Waals surface area contributed by atoms with E-state index in [4.69, 9.17) is 0 Å². The summed E-state index contributed by atoms with van der Waals surface area (Å²) in [6, 6.07) is 12.1. The molecule has 1 N–H and O–H groups in total. The van der Waals surface area contributed by atoms with Crippen molar-refractivity contribution < 1.29 is 9.18 Å². The number of carbonyl (C=O) groups is 1. The van der Waals surface area contributed by atoms with Crippen LogP contribution in [-0.2, 0) is 6.54 Å². The summed E-state index contributed by atoms with van der Waals surface area (Å²) in [5, 5.41) is 6.72. The van der Waals surface area contributed by atoms with Gasteiger partial charge in [0.05, 0.1) is 6.54 Å². The van der Waals surface area contributed by atoms with E-state index in [1.54, 1.807) is 24.4 Å². The minimum absolute atomic E-state index is 0.0698. The van der Waals surface area contributed by atoms with E-state index in [1.165, 1.54) is 24.3 Å². The van der Waals surface area contributed by atoms with E-state index in [-0.39, 0.29) is 17.8 Å². The number of nitrogens with zero attached hydrogens (tertiary/aromatic N) is 3. The number of hydrogen-bond donors (Lipinski definition) is 1. The van der Waals surface area contributed by atoms with Crippen LogP contribution in [0.4, 0.5) is 10.2 Å². The van der Waals surface area contributed by atoms with Crippen molar-refractivity contribution >= 4 is 11.7 Å². The first kappa shape index (κ1) is 16.5. The molecule has 2 aromatic heterocycles. The van der Waals surface area contributed by atoms with Crippen LogP contribution in [0.3, 0.4) is 0 Å². The molecule has 0 saturated carbocycles. The molecule has 0 aliphatic carbocycles. The minimum atomic E-state index is -0.477. The zero-order valence-corrected chi connectivity index (χ0v) is 13.4. The average molecular weight is 338 g/mol. The summed E-state index contributed by atoms with van der Waals surface area (Å²) < 4.78 is 14.4. The van der Waals surface area contributed by atoms with Gasteiger partial charge in [-0.15, -0.1) is 0 Å². The molecular formula is C18H15FN4O2. The highest BCUT2D eigenvalue weighted by Gasteiger charge is 2.12. The lowest BCUT2D eigenvalue weighted by Crippen LogP contribution is -2.26. The van der Waals surface area contributed by atoms with Gasteiger partial charge in [0.2, 0.25) is 0 Å². The highest BCUT2D eigenvalue weighted by Crippen LogP contribution is 2.10. The van der Waals surface area contributed by atoms with Gasteiger partial charge in [0.1, 0.15) is 17.3 Å². The zero-order valence-electron chi connectivity index (χ0n) is 13.4. The van der Waals surface area contributed by atoms with Gasteiger partial charge >= 0.3 is 0 Å². The van der Waals surface area contributed by atoms with E-state index in [0.29, 0.717) is 11.4 Å². The normalized spacial score (nSPS) is 10.5. The van der Waals surface area contributed by atoms with Crippen molar-refractivity contribution in [3.63, 3.8) is 0 Å². The van der Waals surface area contributed by atoms with Crippen LogP contribution in [0.1, 0.15) is 21.6 Å². The number of benzene rings is 1. The van der Waals surface area contributed by atoms with Crippen LogP contribution < -0.4 is 10.9 Å². The molecule has 0 aliphatic heterocycles. The number of carbonyl (C=O) groups excluding carboxylic acids is 1. The second-order valence-electron chi connectivity index (χ2n) is 5.47. The monoisotopic (exact) mass is 338 g/mol. The molecular weight excluding hydrogens is 323 g/mol.